The van der Waals surface area contributed by atoms with Gasteiger partial charge >= 0.3 is 6.09 Å². The molecular formula is C14H20N2O4. The Morgan fingerprint density at radius 3 is 2.35 bits per heavy atom. The van der Waals surface area contributed by atoms with Gasteiger partial charge in [0.05, 0.1) is 6.61 Å². The van der Waals surface area contributed by atoms with Crippen LogP contribution in [0.3, 0.4) is 0 Å². The Bertz CT molecular complexity index is 475. The molecule has 1 aliphatic heterocycles. The first-order valence-corrected chi connectivity index (χ1v) is 6.95. The molecular weight excluding hydrogens is 260 g/mol. The van der Waals surface area contributed by atoms with Crippen molar-refractivity contribution in [2.24, 2.45) is 0 Å². The van der Waals surface area contributed by atoms with Crippen molar-refractivity contribution in [3.63, 3.8) is 0 Å². The fourth-order valence-corrected chi connectivity index (χ4v) is 2.15. The molecule has 1 saturated heterocycles. The topological polar surface area (TPSA) is 63.0 Å². The Balaban J connectivity index is 1.90. The standard InChI is InChI=1S/C14H20N2O4/c1-3-11-5-6-12(20-11)13(17)15-7-9-16(10-8-15)14(18)19-4-2/h5-6H,3-4,7-10H2,1-2H3. The van der Waals surface area contributed by atoms with E-state index in [2.05, 4.69) is 0 Å². The molecule has 0 radical (unpaired) electrons. The minimum atomic E-state index is -0.314. The molecule has 110 valence electrons. The fraction of sp³-hybridized carbons (Fsp3) is 0.571. The van der Waals surface area contributed by atoms with Crippen LogP contribution < -0.4 is 0 Å². The van der Waals surface area contributed by atoms with E-state index in [0.717, 1.165) is 12.2 Å². The number of piperazine rings is 1. The third kappa shape index (κ3) is 3.12. The molecule has 0 bridgehead atoms. The number of furan rings is 1. The molecule has 0 spiro atoms. The zero-order chi connectivity index (χ0) is 14.5. The quantitative estimate of drug-likeness (QED) is 0.846. The van der Waals surface area contributed by atoms with Gasteiger partial charge in [-0.1, -0.05) is 6.92 Å². The highest BCUT2D eigenvalue weighted by Crippen LogP contribution is 2.13. The molecule has 1 fully saturated rings. The molecule has 6 nitrogen and oxygen atoms in total. The third-order valence-electron chi connectivity index (χ3n) is 3.31. The summed E-state index contributed by atoms with van der Waals surface area (Å²) in [6, 6.07) is 3.53. The zero-order valence-electron chi connectivity index (χ0n) is 11.9. The van der Waals surface area contributed by atoms with Crippen molar-refractivity contribution in [3.8, 4) is 0 Å². The highest BCUT2D eigenvalue weighted by atomic mass is 16.6. The van der Waals surface area contributed by atoms with E-state index in [4.69, 9.17) is 9.15 Å². The van der Waals surface area contributed by atoms with Crippen LogP contribution in [0.5, 0.6) is 0 Å². The van der Waals surface area contributed by atoms with Gasteiger partial charge in [0.1, 0.15) is 5.76 Å². The molecule has 2 heterocycles. The second kappa shape index (κ2) is 6.45. The number of aryl methyl sites for hydroxylation is 1. The normalized spacial score (nSPS) is 15.3. The highest BCUT2D eigenvalue weighted by molar-refractivity contribution is 5.91. The van der Waals surface area contributed by atoms with Crippen LogP contribution in [-0.4, -0.2) is 54.6 Å². The average Bonchev–Trinajstić information content (AvgIpc) is 2.96. The van der Waals surface area contributed by atoms with Crippen molar-refractivity contribution in [2.75, 3.05) is 32.8 Å². The Morgan fingerprint density at radius 2 is 1.80 bits per heavy atom. The molecule has 0 N–H and O–H groups in total. The predicted octanol–water partition coefficient (Wildman–Crippen LogP) is 1.76. The maximum absolute atomic E-state index is 12.2. The first-order valence-electron chi connectivity index (χ1n) is 6.95. The lowest BCUT2D eigenvalue weighted by Gasteiger charge is -2.33. The summed E-state index contributed by atoms with van der Waals surface area (Å²) in [5, 5.41) is 0. The molecule has 1 aromatic heterocycles. The average molecular weight is 280 g/mol. The number of hydrogen-bond acceptors (Lipinski definition) is 4. The number of nitrogens with zero attached hydrogens (tertiary/aromatic N) is 2. The first kappa shape index (κ1) is 14.4. The van der Waals surface area contributed by atoms with Crippen LogP contribution in [0, 0.1) is 0 Å². The molecule has 1 aliphatic rings. The molecule has 20 heavy (non-hydrogen) atoms. The van der Waals surface area contributed by atoms with Gasteiger partial charge in [0.2, 0.25) is 0 Å². The highest BCUT2D eigenvalue weighted by Gasteiger charge is 2.26. The van der Waals surface area contributed by atoms with Gasteiger partial charge < -0.3 is 19.0 Å². The van der Waals surface area contributed by atoms with Crippen LogP contribution in [0.15, 0.2) is 16.5 Å². The second-order valence-electron chi connectivity index (χ2n) is 4.60. The van der Waals surface area contributed by atoms with Crippen LogP contribution >= 0.6 is 0 Å². The number of hydrogen-bond donors (Lipinski definition) is 0. The minimum Gasteiger partial charge on any atom is -0.456 e. The molecule has 1 aromatic rings. The van der Waals surface area contributed by atoms with E-state index in [-0.39, 0.29) is 12.0 Å². The van der Waals surface area contributed by atoms with E-state index in [1.807, 2.05) is 13.0 Å². The summed E-state index contributed by atoms with van der Waals surface area (Å²) in [5.74, 6) is 1.05. The van der Waals surface area contributed by atoms with Crippen LogP contribution in [-0.2, 0) is 11.2 Å². The molecule has 2 rings (SSSR count). The molecule has 0 saturated carbocycles. The van der Waals surface area contributed by atoms with Gasteiger partial charge in [0, 0.05) is 32.6 Å². The molecule has 0 aliphatic carbocycles. The smallest absolute Gasteiger partial charge is 0.409 e. The van der Waals surface area contributed by atoms with Crippen LogP contribution in [0.25, 0.3) is 0 Å². The van der Waals surface area contributed by atoms with Gasteiger partial charge in [-0.15, -0.1) is 0 Å². The SMILES string of the molecule is CCOC(=O)N1CCN(C(=O)c2ccc(CC)o2)CC1. The van der Waals surface area contributed by atoms with Gasteiger partial charge in [0.15, 0.2) is 5.76 Å². The van der Waals surface area contributed by atoms with Crippen LogP contribution in [0.2, 0.25) is 0 Å². The van der Waals surface area contributed by atoms with E-state index in [0.29, 0.717) is 38.5 Å². The van der Waals surface area contributed by atoms with Crippen molar-refractivity contribution in [1.29, 1.82) is 0 Å². The summed E-state index contributed by atoms with van der Waals surface area (Å²) in [7, 11) is 0. The summed E-state index contributed by atoms with van der Waals surface area (Å²) < 4.78 is 10.4. The van der Waals surface area contributed by atoms with Crippen molar-refractivity contribution in [3.05, 3.63) is 23.7 Å². The summed E-state index contributed by atoms with van der Waals surface area (Å²) in [6.45, 7) is 6.10. The monoisotopic (exact) mass is 280 g/mol. The lowest BCUT2D eigenvalue weighted by atomic mass is 10.3. The molecule has 0 unspecified atom stereocenters. The lowest BCUT2D eigenvalue weighted by molar-refractivity contribution is 0.0545. The lowest BCUT2D eigenvalue weighted by Crippen LogP contribution is -2.50. The summed E-state index contributed by atoms with van der Waals surface area (Å²) in [4.78, 5) is 27.1. The van der Waals surface area contributed by atoms with Gasteiger partial charge in [-0.3, -0.25) is 4.79 Å². The van der Waals surface area contributed by atoms with E-state index >= 15 is 0 Å². The van der Waals surface area contributed by atoms with Crippen molar-refractivity contribution >= 4 is 12.0 Å². The van der Waals surface area contributed by atoms with Gasteiger partial charge in [-0.25, -0.2) is 4.79 Å². The Morgan fingerprint density at radius 1 is 1.15 bits per heavy atom. The van der Waals surface area contributed by atoms with Crippen LogP contribution in [0.4, 0.5) is 4.79 Å². The zero-order valence-corrected chi connectivity index (χ0v) is 11.9. The number of ether oxygens (including phenoxy) is 1. The summed E-state index contributed by atoms with van der Waals surface area (Å²) in [6.07, 6.45) is 0.454. The van der Waals surface area contributed by atoms with E-state index in [1.54, 1.807) is 22.8 Å². The number of carbonyl (C=O) groups excluding carboxylic acids is 2. The van der Waals surface area contributed by atoms with Crippen molar-refractivity contribution in [2.45, 2.75) is 20.3 Å². The Labute approximate surface area is 118 Å². The van der Waals surface area contributed by atoms with Crippen LogP contribution in [0.1, 0.15) is 30.2 Å². The Hall–Kier alpha value is -1.98. The molecule has 0 atom stereocenters. The van der Waals surface area contributed by atoms with E-state index in [1.165, 1.54) is 0 Å². The van der Waals surface area contributed by atoms with Gasteiger partial charge in [-0.05, 0) is 19.1 Å². The van der Waals surface area contributed by atoms with E-state index in [9.17, 15) is 9.59 Å². The maximum atomic E-state index is 12.2. The summed E-state index contributed by atoms with van der Waals surface area (Å²) in [5.41, 5.74) is 0. The molecule has 6 heteroatoms. The van der Waals surface area contributed by atoms with Gasteiger partial charge in [0.25, 0.3) is 5.91 Å². The second-order valence-corrected chi connectivity index (χ2v) is 4.60. The summed E-state index contributed by atoms with van der Waals surface area (Å²) >= 11 is 0. The first-order chi connectivity index (χ1) is 9.65. The van der Waals surface area contributed by atoms with Crippen molar-refractivity contribution < 1.29 is 18.7 Å². The Kier molecular flexibility index (Phi) is 4.65. The maximum Gasteiger partial charge on any atom is 0.409 e. The third-order valence-corrected chi connectivity index (χ3v) is 3.31. The number of amides is 2. The number of rotatable bonds is 3. The predicted molar refractivity (Wildman–Crippen MR) is 72.6 cm³/mol. The number of carbonyl (C=O) groups is 2. The van der Waals surface area contributed by atoms with Crippen molar-refractivity contribution in [1.82, 2.24) is 9.80 Å². The molecule has 0 aromatic carbocycles. The fourth-order valence-electron chi connectivity index (χ4n) is 2.15. The molecule has 2 amide bonds. The minimum absolute atomic E-state index is 0.117. The van der Waals surface area contributed by atoms with E-state index < -0.39 is 0 Å². The van der Waals surface area contributed by atoms with Gasteiger partial charge in [-0.2, -0.15) is 0 Å². The largest absolute Gasteiger partial charge is 0.456 e.